The third kappa shape index (κ3) is 2.51. The van der Waals surface area contributed by atoms with Crippen molar-refractivity contribution in [3.63, 3.8) is 0 Å². The Hall–Kier alpha value is -1.88. The molecule has 0 spiro atoms. The summed E-state index contributed by atoms with van der Waals surface area (Å²) in [4.78, 5) is 24.5. The van der Waals surface area contributed by atoms with Gasteiger partial charge in [0.2, 0.25) is 11.8 Å². The number of nitrogens with one attached hydrogen (secondary N) is 1. The molecule has 2 rings (SSSR count). The van der Waals surface area contributed by atoms with Crippen LogP contribution in [0.15, 0.2) is 24.3 Å². The van der Waals surface area contributed by atoms with Gasteiger partial charge >= 0.3 is 0 Å². The third-order valence-electron chi connectivity index (χ3n) is 3.13. The monoisotopic (exact) mass is 247 g/mol. The summed E-state index contributed by atoms with van der Waals surface area (Å²) >= 11 is 0. The highest BCUT2D eigenvalue weighted by Gasteiger charge is 2.28. The fourth-order valence-corrected chi connectivity index (χ4v) is 2.26. The van der Waals surface area contributed by atoms with E-state index < -0.39 is 5.91 Å². The maximum absolute atomic E-state index is 12.3. The highest BCUT2D eigenvalue weighted by Crippen LogP contribution is 2.23. The zero-order valence-electron chi connectivity index (χ0n) is 10.3. The second-order valence-electron chi connectivity index (χ2n) is 4.50. The van der Waals surface area contributed by atoms with E-state index in [-0.39, 0.29) is 18.5 Å². The summed E-state index contributed by atoms with van der Waals surface area (Å²) in [6.07, 6.45) is 0.916. The standard InChI is InChI=1S/C13H17N3O2/c1-16(8-11(14)17)13(18)12-10-5-3-2-4-9(10)6-7-15-12/h2-5,12,15H,6-8H2,1H3,(H2,14,17). The molecule has 0 bridgehead atoms. The first-order valence-electron chi connectivity index (χ1n) is 5.94. The Morgan fingerprint density at radius 1 is 1.44 bits per heavy atom. The van der Waals surface area contributed by atoms with Crippen LogP contribution in [-0.4, -0.2) is 36.9 Å². The molecule has 3 N–H and O–H groups in total. The minimum atomic E-state index is -0.505. The van der Waals surface area contributed by atoms with Crippen LogP contribution in [0.1, 0.15) is 17.2 Å². The van der Waals surface area contributed by atoms with Gasteiger partial charge in [-0.15, -0.1) is 0 Å². The molecular formula is C13H17N3O2. The maximum Gasteiger partial charge on any atom is 0.244 e. The minimum absolute atomic E-state index is 0.0564. The Bertz CT molecular complexity index is 473. The number of hydrogen-bond acceptors (Lipinski definition) is 3. The van der Waals surface area contributed by atoms with Crippen molar-refractivity contribution in [2.75, 3.05) is 20.1 Å². The van der Waals surface area contributed by atoms with Gasteiger partial charge in [-0.2, -0.15) is 0 Å². The summed E-state index contributed by atoms with van der Waals surface area (Å²) < 4.78 is 0. The van der Waals surface area contributed by atoms with Gasteiger partial charge in [0.15, 0.2) is 0 Å². The molecule has 0 fully saturated rings. The molecule has 0 saturated carbocycles. The van der Waals surface area contributed by atoms with Crippen molar-refractivity contribution in [3.05, 3.63) is 35.4 Å². The van der Waals surface area contributed by atoms with Crippen LogP contribution in [0, 0.1) is 0 Å². The summed E-state index contributed by atoms with van der Waals surface area (Å²) in [5.41, 5.74) is 7.28. The maximum atomic E-state index is 12.3. The zero-order valence-corrected chi connectivity index (χ0v) is 10.3. The molecular weight excluding hydrogens is 230 g/mol. The summed E-state index contributed by atoms with van der Waals surface area (Å²) in [5.74, 6) is -0.629. The molecule has 5 nitrogen and oxygen atoms in total. The van der Waals surface area contributed by atoms with Crippen LogP contribution >= 0.6 is 0 Å². The van der Waals surface area contributed by atoms with E-state index in [9.17, 15) is 9.59 Å². The molecule has 1 unspecified atom stereocenters. The van der Waals surface area contributed by atoms with E-state index in [0.717, 1.165) is 18.5 Å². The number of carbonyl (C=O) groups is 2. The van der Waals surface area contributed by atoms with Gasteiger partial charge in [0.05, 0.1) is 6.54 Å². The van der Waals surface area contributed by atoms with Crippen molar-refractivity contribution < 1.29 is 9.59 Å². The lowest BCUT2D eigenvalue weighted by Crippen LogP contribution is -2.44. The average Bonchev–Trinajstić information content (AvgIpc) is 2.36. The van der Waals surface area contributed by atoms with E-state index in [1.807, 2.05) is 24.3 Å². The van der Waals surface area contributed by atoms with Gasteiger partial charge in [-0.1, -0.05) is 24.3 Å². The largest absolute Gasteiger partial charge is 0.368 e. The van der Waals surface area contributed by atoms with Crippen LogP contribution in [-0.2, 0) is 16.0 Å². The van der Waals surface area contributed by atoms with Crippen LogP contribution in [0.5, 0.6) is 0 Å². The second-order valence-corrected chi connectivity index (χ2v) is 4.50. The number of amides is 2. The van der Waals surface area contributed by atoms with Crippen molar-refractivity contribution >= 4 is 11.8 Å². The normalized spacial score (nSPS) is 17.9. The predicted molar refractivity (Wildman–Crippen MR) is 67.7 cm³/mol. The van der Waals surface area contributed by atoms with E-state index in [1.165, 1.54) is 10.5 Å². The number of nitrogens with zero attached hydrogens (tertiary/aromatic N) is 1. The number of likely N-dealkylation sites (N-methyl/N-ethyl adjacent to an activating group) is 1. The van der Waals surface area contributed by atoms with Crippen LogP contribution in [0.25, 0.3) is 0 Å². The fourth-order valence-electron chi connectivity index (χ4n) is 2.26. The fraction of sp³-hybridized carbons (Fsp3) is 0.385. The van der Waals surface area contributed by atoms with Crippen molar-refractivity contribution in [3.8, 4) is 0 Å². The van der Waals surface area contributed by atoms with Gasteiger partial charge in [0, 0.05) is 13.6 Å². The molecule has 1 aromatic rings. The van der Waals surface area contributed by atoms with E-state index in [4.69, 9.17) is 5.73 Å². The number of nitrogens with two attached hydrogens (primary N) is 1. The summed E-state index contributed by atoms with van der Waals surface area (Å²) in [6.45, 7) is 0.705. The molecule has 0 aromatic heterocycles. The van der Waals surface area contributed by atoms with Crippen LogP contribution in [0.3, 0.4) is 0 Å². The van der Waals surface area contributed by atoms with Gasteiger partial charge in [-0.25, -0.2) is 0 Å². The van der Waals surface area contributed by atoms with Crippen molar-refractivity contribution in [2.45, 2.75) is 12.5 Å². The molecule has 1 atom stereocenters. The SMILES string of the molecule is CN(CC(N)=O)C(=O)C1NCCc2ccccc21. The molecule has 1 aliphatic rings. The van der Waals surface area contributed by atoms with E-state index in [2.05, 4.69) is 5.32 Å². The summed E-state index contributed by atoms with van der Waals surface area (Å²) in [5, 5.41) is 3.19. The molecule has 1 heterocycles. The van der Waals surface area contributed by atoms with Crippen molar-refractivity contribution in [2.24, 2.45) is 5.73 Å². The van der Waals surface area contributed by atoms with Crippen molar-refractivity contribution in [1.82, 2.24) is 10.2 Å². The number of benzene rings is 1. The summed E-state index contributed by atoms with van der Waals surface area (Å²) in [6, 6.07) is 7.49. The van der Waals surface area contributed by atoms with Crippen molar-refractivity contribution in [1.29, 1.82) is 0 Å². The Labute approximate surface area is 106 Å². The first-order chi connectivity index (χ1) is 8.59. The Morgan fingerprint density at radius 2 is 2.17 bits per heavy atom. The quantitative estimate of drug-likeness (QED) is 0.778. The van der Waals surface area contributed by atoms with Gasteiger partial charge in [0.25, 0.3) is 0 Å². The number of carbonyl (C=O) groups excluding carboxylic acids is 2. The Morgan fingerprint density at radius 3 is 2.89 bits per heavy atom. The smallest absolute Gasteiger partial charge is 0.244 e. The molecule has 1 aromatic carbocycles. The van der Waals surface area contributed by atoms with E-state index >= 15 is 0 Å². The first-order valence-corrected chi connectivity index (χ1v) is 5.94. The molecule has 2 amide bonds. The topological polar surface area (TPSA) is 75.4 Å². The van der Waals surface area contributed by atoms with E-state index in [1.54, 1.807) is 7.05 Å². The second kappa shape index (κ2) is 5.18. The lowest BCUT2D eigenvalue weighted by atomic mass is 9.93. The third-order valence-corrected chi connectivity index (χ3v) is 3.13. The van der Waals surface area contributed by atoms with Gasteiger partial charge in [-0.05, 0) is 17.5 Å². The Kier molecular flexibility index (Phi) is 3.62. The van der Waals surface area contributed by atoms with Gasteiger partial charge in [0.1, 0.15) is 6.04 Å². The predicted octanol–water partition coefficient (Wildman–Crippen LogP) is -0.183. The van der Waals surface area contributed by atoms with Crippen LogP contribution in [0.2, 0.25) is 0 Å². The van der Waals surface area contributed by atoms with Gasteiger partial charge < -0.3 is 16.0 Å². The molecule has 5 heteroatoms. The molecule has 18 heavy (non-hydrogen) atoms. The molecule has 0 saturated heterocycles. The Balaban J connectivity index is 2.20. The van der Waals surface area contributed by atoms with E-state index in [0.29, 0.717) is 0 Å². The number of rotatable bonds is 3. The van der Waals surface area contributed by atoms with Gasteiger partial charge in [-0.3, -0.25) is 9.59 Å². The molecule has 0 radical (unpaired) electrons. The lowest BCUT2D eigenvalue weighted by molar-refractivity contribution is -0.135. The zero-order chi connectivity index (χ0) is 13.1. The average molecular weight is 247 g/mol. The molecule has 1 aliphatic heterocycles. The molecule has 0 aliphatic carbocycles. The summed E-state index contributed by atoms with van der Waals surface area (Å²) in [7, 11) is 1.59. The highest BCUT2D eigenvalue weighted by molar-refractivity contribution is 5.88. The first kappa shape index (κ1) is 12.6. The van der Waals surface area contributed by atoms with Crippen LogP contribution in [0.4, 0.5) is 0 Å². The molecule has 96 valence electrons. The minimum Gasteiger partial charge on any atom is -0.368 e. The number of primary amides is 1. The lowest BCUT2D eigenvalue weighted by Gasteiger charge is -2.29. The number of fused-ring (bicyclic) bond motifs is 1. The van der Waals surface area contributed by atoms with Crippen LogP contribution < -0.4 is 11.1 Å². The number of hydrogen-bond donors (Lipinski definition) is 2. The highest BCUT2D eigenvalue weighted by atomic mass is 16.2.